The summed E-state index contributed by atoms with van der Waals surface area (Å²) >= 11 is 0. The van der Waals surface area contributed by atoms with Crippen LogP contribution in [-0.4, -0.2) is 0 Å². The molecule has 0 saturated carbocycles. The van der Waals surface area contributed by atoms with Gasteiger partial charge in [0.15, 0.2) is 0 Å². The summed E-state index contributed by atoms with van der Waals surface area (Å²) in [5, 5.41) is 15.7. The van der Waals surface area contributed by atoms with Gasteiger partial charge in [0.25, 0.3) is 0 Å². The number of anilines is 3. The number of benzene rings is 11. The third-order valence-corrected chi connectivity index (χ3v) is 10.9. The minimum Gasteiger partial charge on any atom is -0.310 e. The first-order valence-electron chi connectivity index (χ1n) is 17.7. The van der Waals surface area contributed by atoms with Gasteiger partial charge in [-0.05, 0) is 123 Å². The zero-order valence-electron chi connectivity index (χ0n) is 27.8. The molecule has 0 bridgehead atoms. The molecule has 0 radical (unpaired) electrons. The van der Waals surface area contributed by atoms with Crippen molar-refractivity contribution in [3.8, 4) is 22.3 Å². The molecule has 0 aliphatic heterocycles. The highest BCUT2D eigenvalue weighted by molar-refractivity contribution is 6.26. The Kier molecular flexibility index (Phi) is 6.02. The minimum atomic E-state index is 1.12. The first-order valence-corrected chi connectivity index (χ1v) is 17.7. The number of hydrogen-bond donors (Lipinski definition) is 0. The van der Waals surface area contributed by atoms with Crippen LogP contribution in [0.15, 0.2) is 188 Å². The van der Waals surface area contributed by atoms with Crippen LogP contribution >= 0.6 is 0 Å². The second-order valence-corrected chi connectivity index (χ2v) is 13.7. The highest BCUT2D eigenvalue weighted by Crippen LogP contribution is 2.44. The standard InChI is InChI=1S/C50H31N/c1-2-14-40(15-3-1)51(41-16-6-12-38(30-41)43-26-22-36-20-18-32-8-4-10-34-24-28-45(43)49(36)47(32)34)42-17-7-13-39(31-42)44-27-23-37-21-19-33-9-5-11-35-25-29-46(44)50(37)48(33)35/h1-31H. The molecule has 51 heavy (non-hydrogen) atoms. The SMILES string of the molecule is c1ccc(N(c2cccc(-c3ccc4ccc5cccc6ccc3c4c56)c2)c2cccc(-c3ccc4ccc5cccc6ccc3c4c56)c2)cc1. The maximum absolute atomic E-state index is 2.39. The van der Waals surface area contributed by atoms with Crippen molar-refractivity contribution in [3.05, 3.63) is 188 Å². The molecule has 11 aromatic rings. The van der Waals surface area contributed by atoms with Crippen molar-refractivity contribution in [2.45, 2.75) is 0 Å². The zero-order valence-corrected chi connectivity index (χ0v) is 27.8. The van der Waals surface area contributed by atoms with E-state index >= 15 is 0 Å². The molecule has 1 heteroatoms. The maximum atomic E-state index is 2.39. The van der Waals surface area contributed by atoms with E-state index in [2.05, 4.69) is 193 Å². The summed E-state index contributed by atoms with van der Waals surface area (Å²) in [6, 6.07) is 69.3. The normalized spacial score (nSPS) is 11.9. The van der Waals surface area contributed by atoms with Crippen LogP contribution in [-0.2, 0) is 0 Å². The lowest BCUT2D eigenvalue weighted by Crippen LogP contribution is -2.10. The van der Waals surface area contributed by atoms with Crippen molar-refractivity contribution in [1.29, 1.82) is 0 Å². The number of rotatable bonds is 5. The second kappa shape index (κ2) is 10.9. The van der Waals surface area contributed by atoms with Crippen molar-refractivity contribution < 1.29 is 0 Å². The van der Waals surface area contributed by atoms with Gasteiger partial charge >= 0.3 is 0 Å². The summed E-state index contributed by atoms with van der Waals surface area (Å²) in [5.74, 6) is 0. The van der Waals surface area contributed by atoms with Crippen LogP contribution in [0.5, 0.6) is 0 Å². The summed E-state index contributed by atoms with van der Waals surface area (Å²) < 4.78 is 0. The Bertz CT molecular complexity index is 2860. The first-order chi connectivity index (χ1) is 25.3. The lowest BCUT2D eigenvalue weighted by Gasteiger charge is -2.27. The quantitative estimate of drug-likeness (QED) is 0.168. The fourth-order valence-electron chi connectivity index (χ4n) is 8.62. The molecule has 0 amide bonds. The van der Waals surface area contributed by atoms with Crippen LogP contribution in [0.4, 0.5) is 17.1 Å². The van der Waals surface area contributed by atoms with Gasteiger partial charge in [-0.2, -0.15) is 0 Å². The lowest BCUT2D eigenvalue weighted by molar-refractivity contribution is 1.28. The number of nitrogens with zero attached hydrogens (tertiary/aromatic N) is 1. The molecule has 0 aliphatic carbocycles. The van der Waals surface area contributed by atoms with Crippen molar-refractivity contribution in [3.63, 3.8) is 0 Å². The van der Waals surface area contributed by atoms with Crippen LogP contribution in [0, 0.1) is 0 Å². The van der Waals surface area contributed by atoms with Crippen molar-refractivity contribution in [1.82, 2.24) is 0 Å². The predicted octanol–water partition coefficient (Wildman–Crippen LogP) is 14.3. The van der Waals surface area contributed by atoms with Crippen molar-refractivity contribution >= 4 is 81.7 Å². The predicted molar refractivity (Wildman–Crippen MR) is 219 cm³/mol. The van der Waals surface area contributed by atoms with E-state index in [0.29, 0.717) is 0 Å². The molecule has 0 spiro atoms. The monoisotopic (exact) mass is 645 g/mol. The average Bonchev–Trinajstić information content (AvgIpc) is 3.20. The summed E-state index contributed by atoms with van der Waals surface area (Å²) in [4.78, 5) is 2.39. The molecular formula is C50H31N. The molecular weight excluding hydrogens is 615 g/mol. The average molecular weight is 646 g/mol. The molecule has 1 nitrogen and oxygen atoms in total. The van der Waals surface area contributed by atoms with Crippen LogP contribution in [0.3, 0.4) is 0 Å². The van der Waals surface area contributed by atoms with Gasteiger partial charge in [0.2, 0.25) is 0 Å². The maximum Gasteiger partial charge on any atom is 0.0467 e. The summed E-state index contributed by atoms with van der Waals surface area (Å²) in [6.07, 6.45) is 0. The summed E-state index contributed by atoms with van der Waals surface area (Å²) in [5.41, 5.74) is 8.27. The van der Waals surface area contributed by atoms with Gasteiger partial charge in [0.05, 0.1) is 0 Å². The Balaban J connectivity index is 1.08. The van der Waals surface area contributed by atoms with Crippen molar-refractivity contribution in [2.24, 2.45) is 0 Å². The van der Waals surface area contributed by atoms with Gasteiger partial charge in [-0.1, -0.05) is 152 Å². The molecule has 0 unspecified atom stereocenters. The van der Waals surface area contributed by atoms with Gasteiger partial charge in [0, 0.05) is 17.1 Å². The molecule has 0 aliphatic rings. The third kappa shape index (κ3) is 4.28. The van der Waals surface area contributed by atoms with Gasteiger partial charge in [-0.15, -0.1) is 0 Å². The van der Waals surface area contributed by atoms with Crippen LogP contribution in [0.2, 0.25) is 0 Å². The Morgan fingerprint density at radius 2 is 0.627 bits per heavy atom. The van der Waals surface area contributed by atoms with Gasteiger partial charge in [0.1, 0.15) is 0 Å². The van der Waals surface area contributed by atoms with E-state index < -0.39 is 0 Å². The van der Waals surface area contributed by atoms with E-state index in [0.717, 1.165) is 17.1 Å². The zero-order chi connectivity index (χ0) is 33.5. The van der Waals surface area contributed by atoms with E-state index in [1.807, 2.05) is 0 Å². The molecule has 0 N–H and O–H groups in total. The van der Waals surface area contributed by atoms with Crippen LogP contribution in [0.25, 0.3) is 86.9 Å². The highest BCUT2D eigenvalue weighted by Gasteiger charge is 2.18. The van der Waals surface area contributed by atoms with E-state index in [9.17, 15) is 0 Å². The Hall–Kier alpha value is -6.70. The molecule has 0 fully saturated rings. The molecule has 236 valence electrons. The Morgan fingerprint density at radius 3 is 1.10 bits per heavy atom. The van der Waals surface area contributed by atoms with E-state index in [4.69, 9.17) is 0 Å². The van der Waals surface area contributed by atoms with Gasteiger partial charge in [-0.3, -0.25) is 0 Å². The molecule has 0 heterocycles. The molecule has 11 rings (SSSR count). The Morgan fingerprint density at radius 1 is 0.255 bits per heavy atom. The Labute approximate surface area is 295 Å². The summed E-state index contributed by atoms with van der Waals surface area (Å²) in [6.45, 7) is 0. The molecule has 11 aromatic carbocycles. The second-order valence-electron chi connectivity index (χ2n) is 13.7. The number of para-hydroxylation sites is 1. The van der Waals surface area contributed by atoms with E-state index in [1.165, 1.54) is 86.9 Å². The van der Waals surface area contributed by atoms with E-state index in [-0.39, 0.29) is 0 Å². The highest BCUT2D eigenvalue weighted by atomic mass is 15.1. The largest absolute Gasteiger partial charge is 0.310 e. The third-order valence-electron chi connectivity index (χ3n) is 10.9. The molecule has 0 atom stereocenters. The van der Waals surface area contributed by atoms with Gasteiger partial charge < -0.3 is 4.90 Å². The topological polar surface area (TPSA) is 3.24 Å². The first kappa shape index (κ1) is 28.2. The fourth-order valence-corrected chi connectivity index (χ4v) is 8.62. The minimum absolute atomic E-state index is 1.12. The van der Waals surface area contributed by atoms with E-state index in [1.54, 1.807) is 0 Å². The number of hydrogen-bond acceptors (Lipinski definition) is 1. The van der Waals surface area contributed by atoms with Crippen LogP contribution < -0.4 is 4.90 Å². The molecule has 0 aromatic heterocycles. The molecule has 0 saturated heterocycles. The fraction of sp³-hybridized carbons (Fsp3) is 0. The summed E-state index contributed by atoms with van der Waals surface area (Å²) in [7, 11) is 0. The van der Waals surface area contributed by atoms with Crippen LogP contribution in [0.1, 0.15) is 0 Å². The van der Waals surface area contributed by atoms with Crippen molar-refractivity contribution in [2.75, 3.05) is 4.90 Å². The van der Waals surface area contributed by atoms with Gasteiger partial charge in [-0.25, -0.2) is 0 Å². The lowest BCUT2D eigenvalue weighted by atomic mass is 9.89. The smallest absolute Gasteiger partial charge is 0.0467 e.